The van der Waals surface area contributed by atoms with E-state index >= 15 is 0 Å². The lowest BCUT2D eigenvalue weighted by molar-refractivity contribution is 0.606. The lowest BCUT2D eigenvalue weighted by Gasteiger charge is -1.94. The Balaban J connectivity index is 2.75. The first-order valence-electron chi connectivity index (χ1n) is 2.32. The van der Waals surface area contributed by atoms with Gasteiger partial charge in [0.1, 0.15) is 5.51 Å². The first kappa shape index (κ1) is 7.42. The summed E-state index contributed by atoms with van der Waals surface area (Å²) in [7, 11) is -3.19. The molecule has 7 heteroatoms. The Bertz CT molecular complexity index is 290. The van der Waals surface area contributed by atoms with Gasteiger partial charge in [0.25, 0.3) is 0 Å². The fraction of sp³-hybridized carbons (Fsp3) is 0.333. The topological polar surface area (TPSA) is 72.0 Å². The third-order valence-electron chi connectivity index (χ3n) is 0.633. The van der Waals surface area contributed by atoms with E-state index in [1.165, 1.54) is 5.51 Å². The smallest absolute Gasteiger partial charge is 0.231 e. The van der Waals surface area contributed by atoms with Crippen LogP contribution in [0.5, 0.6) is 0 Å². The van der Waals surface area contributed by atoms with Crippen molar-refractivity contribution >= 4 is 26.5 Å². The van der Waals surface area contributed by atoms with Crippen molar-refractivity contribution in [3.8, 4) is 0 Å². The number of nitrogens with zero attached hydrogens (tertiary/aromatic N) is 2. The summed E-state index contributed by atoms with van der Waals surface area (Å²) in [5.41, 5.74) is 1.45. The fourth-order valence-electron chi connectivity index (χ4n) is 0.376. The average Bonchev–Trinajstić information content (AvgIpc) is 2.12. The van der Waals surface area contributed by atoms with Crippen molar-refractivity contribution in [2.24, 2.45) is 0 Å². The van der Waals surface area contributed by atoms with Crippen molar-refractivity contribution in [2.75, 3.05) is 11.0 Å². The van der Waals surface area contributed by atoms with Crippen molar-refractivity contribution in [1.82, 2.24) is 10.2 Å². The summed E-state index contributed by atoms with van der Waals surface area (Å²) in [6.45, 7) is 0. The Hall–Kier alpha value is -0.690. The number of hydrogen-bond acceptors (Lipinski definition) is 5. The van der Waals surface area contributed by atoms with Gasteiger partial charge in [0.05, 0.1) is 6.26 Å². The number of aromatic nitrogens is 2. The zero-order valence-corrected chi connectivity index (χ0v) is 6.74. The first-order chi connectivity index (χ1) is 4.58. The maximum atomic E-state index is 10.5. The molecule has 56 valence electrons. The molecular formula is C3H5N3O2S2. The van der Waals surface area contributed by atoms with E-state index in [9.17, 15) is 8.42 Å². The summed E-state index contributed by atoms with van der Waals surface area (Å²) in [6.07, 6.45) is 1.06. The van der Waals surface area contributed by atoms with Crippen LogP contribution in [0.25, 0.3) is 0 Å². The molecule has 0 spiro atoms. The Morgan fingerprint density at radius 2 is 2.40 bits per heavy atom. The minimum Gasteiger partial charge on any atom is -0.257 e. The molecule has 0 aromatic carbocycles. The summed E-state index contributed by atoms with van der Waals surface area (Å²) >= 11 is 1.14. The highest BCUT2D eigenvalue weighted by Gasteiger charge is 2.02. The summed E-state index contributed by atoms with van der Waals surface area (Å²) < 4.78 is 23.2. The minimum atomic E-state index is -3.19. The van der Waals surface area contributed by atoms with Gasteiger partial charge >= 0.3 is 0 Å². The molecule has 0 unspecified atom stereocenters. The molecule has 5 nitrogen and oxygen atoms in total. The Labute approximate surface area is 62.2 Å². The number of rotatable bonds is 2. The first-order valence-corrected chi connectivity index (χ1v) is 5.09. The summed E-state index contributed by atoms with van der Waals surface area (Å²) in [6, 6.07) is 0. The molecule has 0 atom stereocenters. The average molecular weight is 179 g/mol. The maximum Gasteiger partial charge on any atom is 0.231 e. The number of nitrogens with one attached hydrogen (secondary N) is 1. The predicted octanol–water partition coefficient (Wildman–Crippen LogP) is -0.0904. The van der Waals surface area contributed by atoms with Crippen molar-refractivity contribution in [3.05, 3.63) is 5.51 Å². The molecule has 1 rings (SSSR count). The Kier molecular flexibility index (Phi) is 1.86. The van der Waals surface area contributed by atoms with E-state index in [0.717, 1.165) is 17.6 Å². The predicted molar refractivity (Wildman–Crippen MR) is 38.4 cm³/mol. The van der Waals surface area contributed by atoms with E-state index in [1.807, 2.05) is 0 Å². The molecule has 0 fully saturated rings. The monoisotopic (exact) mass is 179 g/mol. The quantitative estimate of drug-likeness (QED) is 0.688. The molecule has 0 aliphatic heterocycles. The van der Waals surface area contributed by atoms with Crippen molar-refractivity contribution in [3.63, 3.8) is 0 Å². The van der Waals surface area contributed by atoms with Gasteiger partial charge in [-0.05, 0) is 0 Å². The molecule has 0 radical (unpaired) electrons. The van der Waals surface area contributed by atoms with E-state index in [1.54, 1.807) is 0 Å². The van der Waals surface area contributed by atoms with Crippen LogP contribution in [-0.4, -0.2) is 24.9 Å². The molecule has 1 N–H and O–H groups in total. The van der Waals surface area contributed by atoms with Crippen molar-refractivity contribution in [2.45, 2.75) is 0 Å². The second-order valence-corrected chi connectivity index (χ2v) is 4.20. The van der Waals surface area contributed by atoms with Gasteiger partial charge in [-0.1, -0.05) is 11.3 Å². The van der Waals surface area contributed by atoms with Crippen LogP contribution in [0.4, 0.5) is 5.13 Å². The number of sulfonamides is 1. The van der Waals surface area contributed by atoms with Gasteiger partial charge in [-0.25, -0.2) is 8.42 Å². The van der Waals surface area contributed by atoms with Gasteiger partial charge in [0.2, 0.25) is 15.2 Å². The highest BCUT2D eigenvalue weighted by atomic mass is 32.2. The van der Waals surface area contributed by atoms with E-state index in [0.29, 0.717) is 5.13 Å². The fourth-order valence-corrected chi connectivity index (χ4v) is 1.67. The third kappa shape index (κ3) is 2.28. The van der Waals surface area contributed by atoms with Crippen LogP contribution in [0.2, 0.25) is 0 Å². The largest absolute Gasteiger partial charge is 0.257 e. The third-order valence-corrected chi connectivity index (χ3v) is 1.93. The standard InChI is InChI=1S/C3H5N3O2S2/c1-10(7,8)6-3-5-4-2-9-3/h2H,1H3,(H,5,6). The van der Waals surface area contributed by atoms with Crippen LogP contribution in [-0.2, 0) is 10.0 Å². The van der Waals surface area contributed by atoms with Crippen molar-refractivity contribution in [1.29, 1.82) is 0 Å². The molecule has 1 heterocycles. The van der Waals surface area contributed by atoms with E-state index < -0.39 is 10.0 Å². The van der Waals surface area contributed by atoms with Crippen LogP contribution < -0.4 is 4.72 Å². The zero-order valence-electron chi connectivity index (χ0n) is 5.10. The van der Waals surface area contributed by atoms with E-state index in [4.69, 9.17) is 0 Å². The van der Waals surface area contributed by atoms with Crippen LogP contribution in [0.3, 0.4) is 0 Å². The molecule has 0 aliphatic carbocycles. The van der Waals surface area contributed by atoms with Gasteiger partial charge in [-0.2, -0.15) is 0 Å². The maximum absolute atomic E-state index is 10.5. The Morgan fingerprint density at radius 3 is 2.80 bits per heavy atom. The molecular weight excluding hydrogens is 174 g/mol. The van der Waals surface area contributed by atoms with Crippen LogP contribution in [0.15, 0.2) is 5.51 Å². The van der Waals surface area contributed by atoms with Crippen LogP contribution in [0.1, 0.15) is 0 Å². The molecule has 10 heavy (non-hydrogen) atoms. The lowest BCUT2D eigenvalue weighted by Crippen LogP contribution is -2.08. The molecule has 0 saturated carbocycles. The van der Waals surface area contributed by atoms with E-state index in [-0.39, 0.29) is 0 Å². The Morgan fingerprint density at radius 1 is 1.70 bits per heavy atom. The highest BCUT2D eigenvalue weighted by molar-refractivity contribution is 7.92. The minimum absolute atomic E-state index is 0.294. The van der Waals surface area contributed by atoms with Gasteiger partial charge in [0, 0.05) is 0 Å². The zero-order chi connectivity index (χ0) is 7.61. The second kappa shape index (κ2) is 2.51. The molecule has 1 aromatic rings. The lowest BCUT2D eigenvalue weighted by atomic mass is 11.3. The second-order valence-electron chi connectivity index (χ2n) is 1.62. The van der Waals surface area contributed by atoms with Gasteiger partial charge in [0.15, 0.2) is 0 Å². The summed E-state index contributed by atoms with van der Waals surface area (Å²) in [5, 5.41) is 7.22. The van der Waals surface area contributed by atoms with Gasteiger partial charge < -0.3 is 0 Å². The van der Waals surface area contributed by atoms with Crippen molar-refractivity contribution < 1.29 is 8.42 Å². The number of anilines is 1. The molecule has 0 bridgehead atoms. The van der Waals surface area contributed by atoms with E-state index in [2.05, 4.69) is 14.9 Å². The summed E-state index contributed by atoms with van der Waals surface area (Å²) in [5.74, 6) is 0. The van der Waals surface area contributed by atoms with Crippen LogP contribution in [0, 0.1) is 0 Å². The highest BCUT2D eigenvalue weighted by Crippen LogP contribution is 2.08. The number of hydrogen-bond donors (Lipinski definition) is 1. The SMILES string of the molecule is CS(=O)(=O)Nc1nncs1. The molecule has 0 amide bonds. The summed E-state index contributed by atoms with van der Waals surface area (Å²) in [4.78, 5) is 0. The molecule has 1 aromatic heterocycles. The molecule has 0 saturated heterocycles. The molecule has 0 aliphatic rings. The normalized spacial score (nSPS) is 11.3. The van der Waals surface area contributed by atoms with Gasteiger partial charge in [-0.3, -0.25) is 4.72 Å². The van der Waals surface area contributed by atoms with Gasteiger partial charge in [-0.15, -0.1) is 10.2 Å². The van der Waals surface area contributed by atoms with Crippen LogP contribution >= 0.6 is 11.3 Å².